The molecule has 0 spiro atoms. The van der Waals surface area contributed by atoms with Gasteiger partial charge in [-0.2, -0.15) is 4.98 Å². The summed E-state index contributed by atoms with van der Waals surface area (Å²) in [6.45, 7) is 10.0. The minimum Gasteiger partial charge on any atom is -0.494 e. The number of nitrogens with zero attached hydrogens (tertiary/aromatic N) is 7. The number of aromatic nitrogens is 4. The third-order valence-electron chi connectivity index (χ3n) is 6.64. The van der Waals surface area contributed by atoms with Gasteiger partial charge in [0.05, 0.1) is 42.7 Å². The molecule has 2 aromatic heterocycles. The van der Waals surface area contributed by atoms with Crippen molar-refractivity contribution in [2.45, 2.75) is 19.3 Å². The Morgan fingerprint density at radius 1 is 1.10 bits per heavy atom. The van der Waals surface area contributed by atoms with Gasteiger partial charge in [-0.1, -0.05) is 20.4 Å². The molecule has 0 atom stereocenters. The van der Waals surface area contributed by atoms with Gasteiger partial charge in [-0.15, -0.1) is 0 Å². The van der Waals surface area contributed by atoms with Gasteiger partial charge in [0.15, 0.2) is 0 Å². The van der Waals surface area contributed by atoms with E-state index in [1.807, 2.05) is 44.2 Å². The van der Waals surface area contributed by atoms with E-state index in [0.29, 0.717) is 41.4 Å². The summed E-state index contributed by atoms with van der Waals surface area (Å²) in [6, 6.07) is 7.47. The molecule has 12 nitrogen and oxygen atoms in total. The third kappa shape index (κ3) is 6.07. The highest BCUT2D eigenvalue weighted by Crippen LogP contribution is 2.43. The maximum atomic E-state index is 12.3. The van der Waals surface area contributed by atoms with Crippen molar-refractivity contribution in [1.29, 1.82) is 0 Å². The van der Waals surface area contributed by atoms with Crippen LogP contribution >= 0.6 is 0 Å². The van der Waals surface area contributed by atoms with Crippen molar-refractivity contribution in [3.63, 3.8) is 0 Å². The summed E-state index contributed by atoms with van der Waals surface area (Å²) in [6.07, 6.45) is 2.70. The van der Waals surface area contributed by atoms with E-state index in [0.717, 1.165) is 30.2 Å². The zero-order chi connectivity index (χ0) is 29.0. The second-order valence-corrected chi connectivity index (χ2v) is 10.4. The van der Waals surface area contributed by atoms with Crippen LogP contribution < -0.4 is 29.9 Å². The van der Waals surface area contributed by atoms with Crippen molar-refractivity contribution in [2.75, 3.05) is 75.4 Å². The zero-order valence-electron chi connectivity index (χ0n) is 24.1. The Hall–Kier alpha value is -4.45. The van der Waals surface area contributed by atoms with E-state index in [9.17, 15) is 4.79 Å². The van der Waals surface area contributed by atoms with E-state index in [1.165, 1.54) is 12.4 Å². The Bertz CT molecular complexity index is 1390. The Balaban J connectivity index is 1.67. The van der Waals surface area contributed by atoms with Crippen LogP contribution in [-0.2, 0) is 10.2 Å². The molecule has 4 rings (SSSR count). The van der Waals surface area contributed by atoms with Crippen molar-refractivity contribution in [3.8, 4) is 11.6 Å². The van der Waals surface area contributed by atoms with Crippen LogP contribution in [0, 0.1) is 0 Å². The zero-order valence-corrected chi connectivity index (χ0v) is 24.1. The lowest BCUT2D eigenvalue weighted by molar-refractivity contribution is -0.111. The minimum atomic E-state index is -0.318. The number of rotatable bonds is 11. The smallest absolute Gasteiger partial charge is 0.247 e. The first-order valence-electron chi connectivity index (χ1n) is 12.9. The molecule has 2 N–H and O–H groups in total. The number of fused-ring (bicyclic) bond motifs is 1. The van der Waals surface area contributed by atoms with Gasteiger partial charge in [0.1, 0.15) is 12.1 Å². The van der Waals surface area contributed by atoms with Crippen molar-refractivity contribution in [1.82, 2.24) is 24.8 Å². The monoisotopic (exact) mass is 547 g/mol. The lowest BCUT2D eigenvalue weighted by atomic mass is 9.91. The first kappa shape index (κ1) is 28.6. The largest absolute Gasteiger partial charge is 0.494 e. The Labute approximate surface area is 235 Å². The number of benzene rings is 1. The molecule has 0 saturated carbocycles. The quantitative estimate of drug-likeness (QED) is 0.343. The number of likely N-dealkylation sites (N-methyl/N-ethyl adjacent to an activating group) is 2. The lowest BCUT2D eigenvalue weighted by Crippen LogP contribution is -2.29. The highest BCUT2D eigenvalue weighted by molar-refractivity contribution is 6.02. The van der Waals surface area contributed by atoms with Gasteiger partial charge >= 0.3 is 0 Å². The van der Waals surface area contributed by atoms with Crippen LogP contribution in [0.4, 0.5) is 34.6 Å². The highest BCUT2D eigenvalue weighted by Gasteiger charge is 2.39. The molecule has 1 aromatic carbocycles. The molecule has 0 aliphatic carbocycles. The number of methoxy groups -OCH3 is 2. The predicted octanol–water partition coefficient (Wildman–Crippen LogP) is 3.58. The number of carbonyl (C=O) groups excluding carboxylic acids is 1. The van der Waals surface area contributed by atoms with Gasteiger partial charge in [0.2, 0.25) is 23.7 Å². The summed E-state index contributed by atoms with van der Waals surface area (Å²) in [7, 11) is 9.19. The molecular formula is C28H37N9O3. The summed E-state index contributed by atoms with van der Waals surface area (Å²) in [5.41, 5.74) is 3.58. The maximum absolute atomic E-state index is 12.3. The van der Waals surface area contributed by atoms with Crippen molar-refractivity contribution in [3.05, 3.63) is 48.9 Å². The number of hydrogen-bond acceptors (Lipinski definition) is 11. The first-order valence-corrected chi connectivity index (χ1v) is 12.9. The SMILES string of the molecule is C=CC(=O)Nc1cc(Nc2ncnc(N3CC(C)(C)c4nc(OC)ccc43)n2)c(OC)cc1N(C)CCN(C)C. The van der Waals surface area contributed by atoms with Crippen LogP contribution in [-0.4, -0.2) is 85.7 Å². The van der Waals surface area contributed by atoms with Gasteiger partial charge in [0.25, 0.3) is 0 Å². The van der Waals surface area contributed by atoms with Crippen molar-refractivity contribution < 1.29 is 14.3 Å². The standard InChI is InChI=1S/C28H37N9O3/c1-9-23(38)31-18-14-19(22(39-7)15-21(18)36(6)13-12-35(4)5)32-26-29-17-30-27(34-26)37-16-28(2,3)25-20(37)10-11-24(33-25)40-8/h9-11,14-15,17H,1,12-13,16H2,2-8H3,(H,31,38)(H,29,30,32,34). The van der Waals surface area contributed by atoms with Crippen LogP contribution in [0.1, 0.15) is 19.5 Å². The predicted molar refractivity (Wildman–Crippen MR) is 158 cm³/mol. The Morgan fingerprint density at radius 2 is 1.88 bits per heavy atom. The maximum Gasteiger partial charge on any atom is 0.247 e. The van der Waals surface area contributed by atoms with E-state index in [-0.39, 0.29) is 11.3 Å². The molecule has 3 aromatic rings. The number of pyridine rings is 1. The molecule has 0 bridgehead atoms. The van der Waals surface area contributed by atoms with Crippen LogP contribution in [0.5, 0.6) is 11.6 Å². The second-order valence-electron chi connectivity index (χ2n) is 10.4. The number of ether oxygens (including phenoxy) is 2. The molecule has 1 amide bonds. The van der Waals surface area contributed by atoms with E-state index in [1.54, 1.807) is 20.3 Å². The van der Waals surface area contributed by atoms with Crippen LogP contribution in [0.2, 0.25) is 0 Å². The van der Waals surface area contributed by atoms with Gasteiger partial charge in [-0.3, -0.25) is 4.79 Å². The summed E-state index contributed by atoms with van der Waals surface area (Å²) in [4.78, 5) is 36.6. The summed E-state index contributed by atoms with van der Waals surface area (Å²) < 4.78 is 11.1. The average molecular weight is 548 g/mol. The first-order chi connectivity index (χ1) is 19.1. The Kier molecular flexibility index (Phi) is 8.38. The summed E-state index contributed by atoms with van der Waals surface area (Å²) in [5, 5.41) is 6.15. The number of nitrogens with one attached hydrogen (secondary N) is 2. The third-order valence-corrected chi connectivity index (χ3v) is 6.64. The van der Waals surface area contributed by atoms with E-state index in [4.69, 9.17) is 14.5 Å². The molecule has 12 heteroatoms. The van der Waals surface area contributed by atoms with Crippen LogP contribution in [0.25, 0.3) is 0 Å². The topological polar surface area (TPSA) is 121 Å². The fraction of sp³-hybridized carbons (Fsp3) is 0.393. The molecular weight excluding hydrogens is 510 g/mol. The highest BCUT2D eigenvalue weighted by atomic mass is 16.5. The summed E-state index contributed by atoms with van der Waals surface area (Å²) >= 11 is 0. The molecule has 0 saturated heterocycles. The van der Waals surface area contributed by atoms with E-state index >= 15 is 0 Å². The normalized spacial score (nSPS) is 13.6. The van der Waals surface area contributed by atoms with Gasteiger partial charge in [0, 0.05) is 44.2 Å². The molecule has 212 valence electrons. The molecule has 1 aliphatic rings. The number of amides is 1. The lowest BCUT2D eigenvalue weighted by Gasteiger charge is -2.26. The number of carbonyl (C=O) groups is 1. The minimum absolute atomic E-state index is 0.236. The Morgan fingerprint density at radius 3 is 2.55 bits per heavy atom. The number of anilines is 6. The van der Waals surface area contributed by atoms with E-state index < -0.39 is 0 Å². The molecule has 3 heterocycles. The van der Waals surface area contributed by atoms with Gasteiger partial charge in [-0.05, 0) is 32.3 Å². The summed E-state index contributed by atoms with van der Waals surface area (Å²) in [5.74, 6) is 1.62. The van der Waals surface area contributed by atoms with Crippen molar-refractivity contribution in [2.24, 2.45) is 0 Å². The van der Waals surface area contributed by atoms with Crippen LogP contribution in [0.15, 0.2) is 43.2 Å². The van der Waals surface area contributed by atoms with Crippen LogP contribution in [0.3, 0.4) is 0 Å². The second kappa shape index (κ2) is 11.7. The fourth-order valence-electron chi connectivity index (χ4n) is 4.50. The average Bonchev–Trinajstić information content (AvgIpc) is 3.21. The fourth-order valence-corrected chi connectivity index (χ4v) is 4.50. The van der Waals surface area contributed by atoms with Gasteiger partial charge < -0.3 is 34.8 Å². The molecule has 0 fully saturated rings. The molecule has 40 heavy (non-hydrogen) atoms. The van der Waals surface area contributed by atoms with Gasteiger partial charge in [-0.25, -0.2) is 15.0 Å². The van der Waals surface area contributed by atoms with E-state index in [2.05, 4.69) is 55.8 Å². The van der Waals surface area contributed by atoms with Crippen molar-refractivity contribution >= 4 is 40.6 Å². The number of hydrogen-bond donors (Lipinski definition) is 2. The molecule has 0 radical (unpaired) electrons. The molecule has 0 unspecified atom stereocenters. The molecule has 1 aliphatic heterocycles.